The van der Waals surface area contributed by atoms with Crippen molar-refractivity contribution in [2.24, 2.45) is 5.92 Å². The molecule has 0 aromatic carbocycles. The third-order valence-electron chi connectivity index (χ3n) is 3.38. The van der Waals surface area contributed by atoms with Gasteiger partial charge in [-0.15, -0.1) is 0 Å². The number of likely N-dealkylation sites (tertiary alicyclic amines) is 1. The maximum atomic E-state index is 5.74. The van der Waals surface area contributed by atoms with Crippen molar-refractivity contribution in [1.82, 2.24) is 9.88 Å². The molecule has 18 heavy (non-hydrogen) atoms. The summed E-state index contributed by atoms with van der Waals surface area (Å²) in [5, 5.41) is 3.36. The fourth-order valence-corrected chi connectivity index (χ4v) is 2.40. The first-order valence-electron chi connectivity index (χ1n) is 6.42. The van der Waals surface area contributed by atoms with Crippen LogP contribution in [0.2, 0.25) is 0 Å². The summed E-state index contributed by atoms with van der Waals surface area (Å²) in [4.78, 5) is 6.70. The number of hydrogen-bond acceptors (Lipinski definition) is 5. The predicted octanol–water partition coefficient (Wildman–Crippen LogP) is 1.43. The quantitative estimate of drug-likeness (QED) is 0.846. The van der Waals surface area contributed by atoms with Crippen LogP contribution in [0.5, 0.6) is 5.88 Å². The minimum Gasteiger partial charge on any atom is -0.479 e. The highest BCUT2D eigenvalue weighted by atomic mass is 16.5. The second-order valence-electron chi connectivity index (χ2n) is 4.95. The molecule has 1 aromatic rings. The van der Waals surface area contributed by atoms with E-state index in [0.29, 0.717) is 17.5 Å². The van der Waals surface area contributed by atoms with Gasteiger partial charge in [-0.05, 0) is 44.5 Å². The van der Waals surface area contributed by atoms with E-state index in [1.165, 1.54) is 19.4 Å². The minimum absolute atomic E-state index is 0.487. The molecule has 1 fully saturated rings. The summed E-state index contributed by atoms with van der Waals surface area (Å²) >= 11 is 0. The Kier molecular flexibility index (Phi) is 4.25. The molecule has 0 aliphatic carbocycles. The first kappa shape index (κ1) is 13.0. The van der Waals surface area contributed by atoms with E-state index in [2.05, 4.69) is 22.2 Å². The maximum absolute atomic E-state index is 5.74. The summed E-state index contributed by atoms with van der Waals surface area (Å²) < 4.78 is 5.11. The molecule has 100 valence electrons. The zero-order valence-electron chi connectivity index (χ0n) is 11.1. The number of rotatable bonds is 4. The van der Waals surface area contributed by atoms with Crippen molar-refractivity contribution in [2.75, 3.05) is 44.8 Å². The van der Waals surface area contributed by atoms with Crippen molar-refractivity contribution in [3.05, 3.63) is 12.1 Å². The SMILES string of the molecule is COc1nc(NCC2CCCN(C)C2)ccc1N. The van der Waals surface area contributed by atoms with Gasteiger partial charge in [-0.2, -0.15) is 4.98 Å². The number of methoxy groups -OCH3 is 1. The second kappa shape index (κ2) is 5.91. The van der Waals surface area contributed by atoms with Gasteiger partial charge in [-0.1, -0.05) is 0 Å². The van der Waals surface area contributed by atoms with Crippen LogP contribution in [0.1, 0.15) is 12.8 Å². The highest BCUT2D eigenvalue weighted by molar-refractivity contribution is 5.53. The van der Waals surface area contributed by atoms with E-state index in [9.17, 15) is 0 Å². The van der Waals surface area contributed by atoms with Gasteiger partial charge in [0.25, 0.3) is 0 Å². The van der Waals surface area contributed by atoms with Crippen LogP contribution in [0.25, 0.3) is 0 Å². The Labute approximate surface area is 108 Å². The number of nitrogens with two attached hydrogens (primary N) is 1. The van der Waals surface area contributed by atoms with Crippen LogP contribution in [-0.2, 0) is 0 Å². The smallest absolute Gasteiger partial charge is 0.238 e. The van der Waals surface area contributed by atoms with Gasteiger partial charge in [-0.3, -0.25) is 0 Å². The Morgan fingerprint density at radius 3 is 3.11 bits per heavy atom. The van der Waals surface area contributed by atoms with E-state index in [1.54, 1.807) is 7.11 Å². The molecule has 0 radical (unpaired) electrons. The molecule has 3 N–H and O–H groups in total. The van der Waals surface area contributed by atoms with Crippen LogP contribution < -0.4 is 15.8 Å². The molecule has 5 heteroatoms. The molecule has 0 amide bonds. The topological polar surface area (TPSA) is 63.4 Å². The van der Waals surface area contributed by atoms with Crippen molar-refractivity contribution >= 4 is 11.5 Å². The zero-order chi connectivity index (χ0) is 13.0. The number of aromatic nitrogens is 1. The van der Waals surface area contributed by atoms with Gasteiger partial charge >= 0.3 is 0 Å². The molecule has 2 rings (SSSR count). The molecule has 1 aliphatic heterocycles. The number of nitrogens with zero attached hydrogens (tertiary/aromatic N) is 2. The van der Waals surface area contributed by atoms with E-state index in [0.717, 1.165) is 18.9 Å². The Hall–Kier alpha value is -1.49. The molecule has 2 heterocycles. The predicted molar refractivity (Wildman–Crippen MR) is 73.9 cm³/mol. The maximum Gasteiger partial charge on any atom is 0.238 e. The number of nitrogen functional groups attached to an aromatic ring is 1. The number of anilines is 2. The van der Waals surface area contributed by atoms with Crippen molar-refractivity contribution in [3.8, 4) is 5.88 Å². The van der Waals surface area contributed by atoms with E-state index < -0.39 is 0 Å². The Morgan fingerprint density at radius 1 is 1.56 bits per heavy atom. The van der Waals surface area contributed by atoms with Crippen LogP contribution >= 0.6 is 0 Å². The number of piperidine rings is 1. The zero-order valence-corrected chi connectivity index (χ0v) is 11.1. The van der Waals surface area contributed by atoms with Gasteiger partial charge in [0.05, 0.1) is 12.8 Å². The molecule has 1 unspecified atom stereocenters. The van der Waals surface area contributed by atoms with Crippen LogP contribution in [0.4, 0.5) is 11.5 Å². The summed E-state index contributed by atoms with van der Waals surface area (Å²) in [6.07, 6.45) is 2.56. The Balaban J connectivity index is 1.89. The lowest BCUT2D eigenvalue weighted by Gasteiger charge is -2.29. The van der Waals surface area contributed by atoms with Crippen molar-refractivity contribution < 1.29 is 4.74 Å². The number of nitrogens with one attached hydrogen (secondary N) is 1. The summed E-state index contributed by atoms with van der Waals surface area (Å²) in [6, 6.07) is 3.71. The van der Waals surface area contributed by atoms with Crippen LogP contribution in [-0.4, -0.2) is 43.7 Å². The molecular formula is C13H22N4O. The first-order chi connectivity index (χ1) is 8.69. The van der Waals surface area contributed by atoms with E-state index in [-0.39, 0.29) is 0 Å². The van der Waals surface area contributed by atoms with Crippen molar-refractivity contribution in [2.45, 2.75) is 12.8 Å². The summed E-state index contributed by atoms with van der Waals surface area (Å²) in [7, 11) is 3.76. The Morgan fingerprint density at radius 2 is 2.39 bits per heavy atom. The van der Waals surface area contributed by atoms with Crippen molar-refractivity contribution in [1.29, 1.82) is 0 Å². The average molecular weight is 250 g/mol. The molecule has 0 saturated carbocycles. The molecule has 1 atom stereocenters. The number of hydrogen-bond donors (Lipinski definition) is 2. The van der Waals surface area contributed by atoms with Gasteiger partial charge in [0.2, 0.25) is 5.88 Å². The molecule has 5 nitrogen and oxygen atoms in total. The fourth-order valence-electron chi connectivity index (χ4n) is 2.40. The molecule has 0 spiro atoms. The lowest BCUT2D eigenvalue weighted by Crippen LogP contribution is -2.35. The van der Waals surface area contributed by atoms with Gasteiger partial charge in [0.1, 0.15) is 5.82 Å². The lowest BCUT2D eigenvalue weighted by atomic mass is 9.98. The average Bonchev–Trinajstić information content (AvgIpc) is 2.38. The first-order valence-corrected chi connectivity index (χ1v) is 6.42. The highest BCUT2D eigenvalue weighted by Crippen LogP contribution is 2.21. The number of pyridine rings is 1. The third kappa shape index (κ3) is 3.26. The molecule has 1 saturated heterocycles. The standard InChI is InChI=1S/C13H22N4O/c1-17-7-3-4-10(9-17)8-15-12-6-5-11(14)13(16-12)18-2/h5-6,10H,3-4,7-9,14H2,1-2H3,(H,15,16). The van der Waals surface area contributed by atoms with Crippen LogP contribution in [0.3, 0.4) is 0 Å². The van der Waals surface area contributed by atoms with Crippen LogP contribution in [0.15, 0.2) is 12.1 Å². The largest absolute Gasteiger partial charge is 0.479 e. The monoisotopic (exact) mass is 250 g/mol. The normalized spacial score (nSPS) is 20.7. The Bertz CT molecular complexity index is 397. The second-order valence-corrected chi connectivity index (χ2v) is 4.95. The van der Waals surface area contributed by atoms with E-state index in [1.807, 2.05) is 12.1 Å². The summed E-state index contributed by atoms with van der Waals surface area (Å²) in [6.45, 7) is 3.31. The fraction of sp³-hybridized carbons (Fsp3) is 0.615. The van der Waals surface area contributed by atoms with E-state index >= 15 is 0 Å². The molecule has 1 aromatic heterocycles. The highest BCUT2D eigenvalue weighted by Gasteiger charge is 2.16. The number of ether oxygens (including phenoxy) is 1. The lowest BCUT2D eigenvalue weighted by molar-refractivity contribution is 0.217. The third-order valence-corrected chi connectivity index (χ3v) is 3.38. The molecule has 1 aliphatic rings. The molecular weight excluding hydrogens is 228 g/mol. The van der Waals surface area contributed by atoms with E-state index in [4.69, 9.17) is 10.5 Å². The van der Waals surface area contributed by atoms with Crippen LogP contribution in [0, 0.1) is 5.92 Å². The van der Waals surface area contributed by atoms with Gasteiger partial charge in [0, 0.05) is 13.1 Å². The van der Waals surface area contributed by atoms with Gasteiger partial charge in [0.15, 0.2) is 0 Å². The summed E-state index contributed by atoms with van der Waals surface area (Å²) in [5.74, 6) is 2.00. The van der Waals surface area contributed by atoms with Gasteiger partial charge in [-0.25, -0.2) is 0 Å². The molecule has 0 bridgehead atoms. The summed E-state index contributed by atoms with van der Waals surface area (Å²) in [5.41, 5.74) is 6.31. The minimum atomic E-state index is 0.487. The van der Waals surface area contributed by atoms with Gasteiger partial charge < -0.3 is 20.7 Å². The van der Waals surface area contributed by atoms with Crippen molar-refractivity contribution in [3.63, 3.8) is 0 Å².